The predicted octanol–water partition coefficient (Wildman–Crippen LogP) is 2.78. The molecule has 0 amide bonds. The summed E-state index contributed by atoms with van der Waals surface area (Å²) >= 11 is 0. The SMILES string of the molecule is CC(=O)/C=C/c1cccc2c1ccn2C. The summed E-state index contributed by atoms with van der Waals surface area (Å²) in [7, 11) is 2.01. The first-order valence-corrected chi connectivity index (χ1v) is 4.91. The molecule has 0 aliphatic carbocycles. The van der Waals surface area contributed by atoms with Gasteiger partial charge in [-0.05, 0) is 30.7 Å². The molecular weight excluding hydrogens is 186 g/mol. The molecule has 1 aromatic heterocycles. The topological polar surface area (TPSA) is 22.0 Å². The zero-order valence-electron chi connectivity index (χ0n) is 8.90. The maximum absolute atomic E-state index is 10.9. The first-order valence-electron chi connectivity index (χ1n) is 4.91. The fourth-order valence-corrected chi connectivity index (χ4v) is 1.68. The molecule has 2 nitrogen and oxygen atoms in total. The Labute approximate surface area is 88.8 Å². The van der Waals surface area contributed by atoms with Gasteiger partial charge in [0.25, 0.3) is 0 Å². The highest BCUT2D eigenvalue weighted by molar-refractivity contribution is 5.96. The number of nitrogens with zero attached hydrogens (tertiary/aromatic N) is 1. The van der Waals surface area contributed by atoms with Gasteiger partial charge in [0.05, 0.1) is 0 Å². The number of fused-ring (bicyclic) bond motifs is 1. The Kier molecular flexibility index (Phi) is 2.42. The van der Waals surface area contributed by atoms with Crippen LogP contribution in [-0.4, -0.2) is 10.4 Å². The zero-order chi connectivity index (χ0) is 10.8. The van der Waals surface area contributed by atoms with E-state index in [0.717, 1.165) is 5.56 Å². The monoisotopic (exact) mass is 199 g/mol. The molecule has 0 fully saturated rings. The Morgan fingerprint density at radius 1 is 1.33 bits per heavy atom. The lowest BCUT2D eigenvalue weighted by Gasteiger charge is -1.98. The van der Waals surface area contributed by atoms with Gasteiger partial charge in [-0.15, -0.1) is 0 Å². The van der Waals surface area contributed by atoms with Gasteiger partial charge in [-0.2, -0.15) is 0 Å². The van der Waals surface area contributed by atoms with Crippen LogP contribution in [0.25, 0.3) is 17.0 Å². The zero-order valence-corrected chi connectivity index (χ0v) is 8.90. The number of aromatic nitrogens is 1. The highest BCUT2D eigenvalue weighted by atomic mass is 16.1. The number of benzene rings is 1. The maximum Gasteiger partial charge on any atom is 0.152 e. The van der Waals surface area contributed by atoms with Crippen molar-refractivity contribution >= 4 is 22.8 Å². The van der Waals surface area contributed by atoms with Gasteiger partial charge in [-0.1, -0.05) is 18.2 Å². The van der Waals surface area contributed by atoms with E-state index < -0.39 is 0 Å². The van der Waals surface area contributed by atoms with Crippen molar-refractivity contribution < 1.29 is 4.79 Å². The Bertz CT molecular complexity index is 534. The van der Waals surface area contributed by atoms with E-state index in [2.05, 4.69) is 16.7 Å². The standard InChI is InChI=1S/C13H13NO/c1-10(15)6-7-11-4-3-5-13-12(11)8-9-14(13)2/h3-9H,1-2H3/b7-6+. The fraction of sp³-hybridized carbons (Fsp3) is 0.154. The van der Waals surface area contributed by atoms with E-state index in [9.17, 15) is 4.79 Å². The van der Waals surface area contributed by atoms with Crippen molar-refractivity contribution in [3.63, 3.8) is 0 Å². The third kappa shape index (κ3) is 1.84. The summed E-state index contributed by atoms with van der Waals surface area (Å²) in [5.41, 5.74) is 2.27. The van der Waals surface area contributed by atoms with E-state index in [-0.39, 0.29) is 5.78 Å². The molecule has 2 aromatic rings. The lowest BCUT2D eigenvalue weighted by molar-refractivity contribution is -0.112. The van der Waals surface area contributed by atoms with Crippen LogP contribution in [0.5, 0.6) is 0 Å². The Morgan fingerprint density at radius 3 is 2.87 bits per heavy atom. The predicted molar refractivity (Wildman–Crippen MR) is 62.6 cm³/mol. The number of rotatable bonds is 2. The largest absolute Gasteiger partial charge is 0.351 e. The molecule has 0 bridgehead atoms. The first-order chi connectivity index (χ1) is 7.18. The summed E-state index contributed by atoms with van der Waals surface area (Å²) in [6.45, 7) is 1.56. The molecule has 0 atom stereocenters. The molecule has 2 heteroatoms. The molecule has 0 aliphatic heterocycles. The number of carbonyl (C=O) groups excluding carboxylic acids is 1. The number of hydrogen-bond donors (Lipinski definition) is 0. The normalized spacial score (nSPS) is 11.3. The second-order valence-corrected chi connectivity index (χ2v) is 3.65. The van der Waals surface area contributed by atoms with Gasteiger partial charge in [-0.3, -0.25) is 4.79 Å². The molecule has 15 heavy (non-hydrogen) atoms. The molecule has 0 saturated carbocycles. The van der Waals surface area contributed by atoms with E-state index in [0.29, 0.717) is 0 Å². The van der Waals surface area contributed by atoms with E-state index in [4.69, 9.17) is 0 Å². The van der Waals surface area contributed by atoms with Crippen molar-refractivity contribution in [1.29, 1.82) is 0 Å². The summed E-state index contributed by atoms with van der Waals surface area (Å²) in [5.74, 6) is 0.0722. The lowest BCUT2D eigenvalue weighted by Crippen LogP contribution is -1.84. The number of aryl methyl sites for hydroxylation is 1. The Hall–Kier alpha value is -1.83. The van der Waals surface area contributed by atoms with Crippen LogP contribution in [0.3, 0.4) is 0 Å². The van der Waals surface area contributed by atoms with E-state index in [1.54, 1.807) is 13.0 Å². The van der Waals surface area contributed by atoms with Crippen LogP contribution in [0.4, 0.5) is 0 Å². The average molecular weight is 199 g/mol. The van der Waals surface area contributed by atoms with E-state index in [1.807, 2.05) is 31.5 Å². The molecule has 1 aromatic carbocycles. The van der Waals surface area contributed by atoms with E-state index in [1.165, 1.54) is 10.9 Å². The van der Waals surface area contributed by atoms with Crippen LogP contribution in [0, 0.1) is 0 Å². The van der Waals surface area contributed by atoms with Crippen LogP contribution < -0.4 is 0 Å². The summed E-state index contributed by atoms with van der Waals surface area (Å²) in [6, 6.07) is 8.15. The molecular formula is C13H13NO. The minimum atomic E-state index is 0.0722. The Balaban J connectivity index is 2.56. The molecule has 0 unspecified atom stereocenters. The quantitative estimate of drug-likeness (QED) is 0.682. The molecule has 0 saturated heterocycles. The Morgan fingerprint density at radius 2 is 2.13 bits per heavy atom. The van der Waals surface area contributed by atoms with Crippen LogP contribution in [0.15, 0.2) is 36.5 Å². The first kappa shape index (κ1) is 9.71. The minimum Gasteiger partial charge on any atom is -0.351 e. The van der Waals surface area contributed by atoms with Gasteiger partial charge >= 0.3 is 0 Å². The molecule has 0 spiro atoms. The van der Waals surface area contributed by atoms with Gasteiger partial charge in [0.2, 0.25) is 0 Å². The van der Waals surface area contributed by atoms with Crippen molar-refractivity contribution in [2.45, 2.75) is 6.92 Å². The molecule has 0 N–H and O–H groups in total. The minimum absolute atomic E-state index is 0.0722. The highest BCUT2D eigenvalue weighted by Gasteiger charge is 2.00. The average Bonchev–Trinajstić information content (AvgIpc) is 2.58. The second kappa shape index (κ2) is 3.73. The van der Waals surface area contributed by atoms with Gasteiger partial charge in [-0.25, -0.2) is 0 Å². The summed E-state index contributed by atoms with van der Waals surface area (Å²) in [5, 5.41) is 1.18. The van der Waals surface area contributed by atoms with Crippen LogP contribution in [-0.2, 0) is 11.8 Å². The third-order valence-electron chi connectivity index (χ3n) is 2.46. The number of ketones is 1. The third-order valence-corrected chi connectivity index (χ3v) is 2.46. The van der Waals surface area contributed by atoms with Crippen LogP contribution in [0.1, 0.15) is 12.5 Å². The molecule has 2 rings (SSSR count). The molecule has 1 heterocycles. The van der Waals surface area contributed by atoms with Crippen LogP contribution in [0.2, 0.25) is 0 Å². The van der Waals surface area contributed by atoms with Crippen molar-refractivity contribution in [2.24, 2.45) is 7.05 Å². The van der Waals surface area contributed by atoms with E-state index >= 15 is 0 Å². The van der Waals surface area contributed by atoms with Crippen molar-refractivity contribution in [3.05, 3.63) is 42.1 Å². The van der Waals surface area contributed by atoms with Gasteiger partial charge < -0.3 is 4.57 Å². The van der Waals surface area contributed by atoms with Gasteiger partial charge in [0.1, 0.15) is 0 Å². The smallest absolute Gasteiger partial charge is 0.152 e. The van der Waals surface area contributed by atoms with Gasteiger partial charge in [0.15, 0.2) is 5.78 Å². The molecule has 0 radical (unpaired) electrons. The van der Waals surface area contributed by atoms with Crippen molar-refractivity contribution in [3.8, 4) is 0 Å². The second-order valence-electron chi connectivity index (χ2n) is 3.65. The summed E-state index contributed by atoms with van der Waals surface area (Å²) in [6.07, 6.45) is 5.49. The summed E-state index contributed by atoms with van der Waals surface area (Å²) in [4.78, 5) is 10.9. The van der Waals surface area contributed by atoms with Crippen LogP contribution >= 0.6 is 0 Å². The summed E-state index contributed by atoms with van der Waals surface area (Å²) < 4.78 is 2.07. The maximum atomic E-state index is 10.9. The van der Waals surface area contributed by atoms with Gasteiger partial charge in [0, 0.05) is 24.1 Å². The number of hydrogen-bond acceptors (Lipinski definition) is 1. The molecule has 0 aliphatic rings. The number of carbonyl (C=O) groups is 1. The fourth-order valence-electron chi connectivity index (χ4n) is 1.68. The molecule has 76 valence electrons. The highest BCUT2D eigenvalue weighted by Crippen LogP contribution is 2.20. The number of allylic oxidation sites excluding steroid dienone is 1. The van der Waals surface area contributed by atoms with Crippen molar-refractivity contribution in [2.75, 3.05) is 0 Å². The van der Waals surface area contributed by atoms with Crippen molar-refractivity contribution in [1.82, 2.24) is 4.57 Å². The lowest BCUT2D eigenvalue weighted by atomic mass is 10.1.